The number of carbonyl (C=O) groups excluding carboxylic acids is 1. The Kier molecular flexibility index (Phi) is 5.71. The van der Waals surface area contributed by atoms with E-state index >= 15 is 0 Å². The van der Waals surface area contributed by atoms with E-state index in [2.05, 4.69) is 9.97 Å². The van der Waals surface area contributed by atoms with Crippen LogP contribution >= 0.6 is 23.1 Å². The number of benzene rings is 2. The Morgan fingerprint density at radius 1 is 1.10 bits per heavy atom. The van der Waals surface area contributed by atoms with Crippen molar-refractivity contribution in [1.29, 1.82) is 0 Å². The first-order chi connectivity index (χ1) is 14.1. The normalized spacial score (nSPS) is 10.8. The molecule has 4 rings (SSSR count). The summed E-state index contributed by atoms with van der Waals surface area (Å²) in [5.41, 5.74) is 6.67. The van der Waals surface area contributed by atoms with E-state index in [0.717, 1.165) is 15.0 Å². The number of fused-ring (bicyclic) bond motifs is 1. The summed E-state index contributed by atoms with van der Waals surface area (Å²) < 4.78 is 8.08. The molecule has 29 heavy (non-hydrogen) atoms. The Labute approximate surface area is 176 Å². The summed E-state index contributed by atoms with van der Waals surface area (Å²) in [4.78, 5) is 21.9. The van der Waals surface area contributed by atoms with Gasteiger partial charge in [0.1, 0.15) is 12.1 Å². The molecule has 0 atom stereocenters. The molecule has 2 heterocycles. The van der Waals surface area contributed by atoms with Crippen LogP contribution in [0, 0.1) is 0 Å². The summed E-state index contributed by atoms with van der Waals surface area (Å²) in [5, 5.41) is 1.14. The monoisotopic (exact) mass is 424 g/mol. The van der Waals surface area contributed by atoms with Gasteiger partial charge in [-0.1, -0.05) is 24.3 Å². The van der Waals surface area contributed by atoms with Crippen molar-refractivity contribution in [3.63, 3.8) is 0 Å². The van der Waals surface area contributed by atoms with E-state index < -0.39 is 0 Å². The molecule has 0 spiro atoms. The maximum Gasteiger partial charge on any atom is 0.268 e. The lowest BCUT2D eigenvalue weighted by Gasteiger charge is -2.13. The molecule has 2 N–H and O–H groups in total. The molecule has 8 heteroatoms. The predicted octanol–water partition coefficient (Wildman–Crippen LogP) is 4.74. The van der Waals surface area contributed by atoms with Gasteiger partial charge in [-0.2, -0.15) is 0 Å². The van der Waals surface area contributed by atoms with Gasteiger partial charge in [0.05, 0.1) is 12.2 Å². The van der Waals surface area contributed by atoms with Gasteiger partial charge < -0.3 is 10.5 Å². The van der Waals surface area contributed by atoms with E-state index in [0.29, 0.717) is 29.4 Å². The third-order valence-corrected chi connectivity index (χ3v) is 5.58. The molecule has 0 aliphatic heterocycles. The number of halogens is 1. The molecule has 2 aromatic heterocycles. The molecular weight excluding hydrogens is 408 g/mol. The third-order valence-electron chi connectivity index (χ3n) is 4.20. The maximum atomic E-state index is 12.8. The average molecular weight is 425 g/mol. The summed E-state index contributed by atoms with van der Waals surface area (Å²) >= 11 is 7.91. The van der Waals surface area contributed by atoms with Gasteiger partial charge in [0.25, 0.3) is 5.91 Å². The van der Waals surface area contributed by atoms with Crippen molar-refractivity contribution in [2.75, 3.05) is 0 Å². The summed E-state index contributed by atoms with van der Waals surface area (Å²) in [6.45, 7) is 0.604. The number of ether oxygens (including phenoxy) is 1. The van der Waals surface area contributed by atoms with Crippen molar-refractivity contribution in [1.82, 2.24) is 14.4 Å². The van der Waals surface area contributed by atoms with Crippen LogP contribution in [-0.2, 0) is 13.1 Å². The molecule has 0 aliphatic rings. The first-order valence-electron chi connectivity index (χ1n) is 8.86. The molecule has 0 aliphatic carbocycles. The van der Waals surface area contributed by atoms with Gasteiger partial charge in [0.15, 0.2) is 0 Å². The Bertz CT molecular complexity index is 1130. The minimum Gasteiger partial charge on any atom is -0.439 e. The van der Waals surface area contributed by atoms with Crippen LogP contribution in [0.5, 0.6) is 11.6 Å². The van der Waals surface area contributed by atoms with Gasteiger partial charge in [-0.05, 0) is 35.7 Å². The molecule has 6 nitrogen and oxygen atoms in total. The summed E-state index contributed by atoms with van der Waals surface area (Å²) in [6.07, 6.45) is 1.39. The SMILES string of the molecule is NCc1cc(Oc2cccc(C(=O)N(Cl)Cc3cc4ccccc4s3)c2)ncn1. The van der Waals surface area contributed by atoms with Crippen molar-refractivity contribution in [2.45, 2.75) is 13.1 Å². The fourth-order valence-electron chi connectivity index (χ4n) is 2.82. The highest BCUT2D eigenvalue weighted by Crippen LogP contribution is 2.28. The molecule has 0 fully saturated rings. The third kappa shape index (κ3) is 4.54. The molecule has 1 amide bonds. The fraction of sp³-hybridized carbons (Fsp3) is 0.0952. The molecule has 0 radical (unpaired) electrons. The molecule has 0 unspecified atom stereocenters. The second-order valence-electron chi connectivity index (χ2n) is 6.26. The zero-order chi connectivity index (χ0) is 20.2. The molecule has 0 saturated heterocycles. The zero-order valence-corrected chi connectivity index (χ0v) is 16.9. The lowest BCUT2D eigenvalue weighted by Crippen LogP contribution is -2.20. The summed E-state index contributed by atoms with van der Waals surface area (Å²) in [5.74, 6) is 0.530. The maximum absolute atomic E-state index is 12.8. The molecular formula is C21H17ClN4O2S. The summed E-state index contributed by atoms with van der Waals surface area (Å²) in [6, 6.07) is 18.6. The quantitative estimate of drug-likeness (QED) is 0.452. The number of aromatic nitrogens is 2. The minimum atomic E-state index is -0.306. The molecule has 4 aromatic rings. The number of carbonyl (C=O) groups is 1. The van der Waals surface area contributed by atoms with Gasteiger partial charge in [-0.3, -0.25) is 4.79 Å². The van der Waals surface area contributed by atoms with Crippen molar-refractivity contribution < 1.29 is 9.53 Å². The fourth-order valence-corrected chi connectivity index (χ4v) is 4.17. The highest BCUT2D eigenvalue weighted by atomic mass is 35.5. The van der Waals surface area contributed by atoms with Crippen molar-refractivity contribution in [3.05, 3.63) is 83.1 Å². The number of rotatable bonds is 6. The van der Waals surface area contributed by atoms with Crippen molar-refractivity contribution in [3.8, 4) is 11.6 Å². The van der Waals surface area contributed by atoms with Gasteiger partial charge in [0, 0.05) is 39.5 Å². The average Bonchev–Trinajstić information content (AvgIpc) is 3.15. The minimum absolute atomic E-state index is 0.288. The van der Waals surface area contributed by atoms with Gasteiger partial charge in [-0.25, -0.2) is 14.4 Å². The highest BCUT2D eigenvalue weighted by molar-refractivity contribution is 7.19. The second-order valence-corrected chi connectivity index (χ2v) is 7.83. The number of thiophene rings is 1. The number of nitrogens with zero attached hydrogens (tertiary/aromatic N) is 3. The molecule has 2 aromatic carbocycles. The first-order valence-corrected chi connectivity index (χ1v) is 10.0. The van der Waals surface area contributed by atoms with Crippen LogP contribution in [0.3, 0.4) is 0 Å². The topological polar surface area (TPSA) is 81.3 Å². The Morgan fingerprint density at radius 2 is 1.97 bits per heavy atom. The Balaban J connectivity index is 1.48. The van der Waals surface area contributed by atoms with Crippen LogP contribution in [0.4, 0.5) is 0 Å². The Morgan fingerprint density at radius 3 is 2.79 bits per heavy atom. The smallest absolute Gasteiger partial charge is 0.268 e. The van der Waals surface area contributed by atoms with Gasteiger partial charge in [-0.15, -0.1) is 11.3 Å². The second kappa shape index (κ2) is 8.57. The number of hydrogen-bond donors (Lipinski definition) is 1. The standard InChI is InChI=1S/C21H17ClN4O2S/c22-26(12-18-9-14-4-1-2-7-19(14)29-18)21(27)15-5-3-6-17(8-15)28-20-10-16(11-23)24-13-25-20/h1-10,13H,11-12,23H2. The van der Waals surface area contributed by atoms with E-state index in [-0.39, 0.29) is 12.5 Å². The van der Waals surface area contributed by atoms with Crippen LogP contribution < -0.4 is 10.5 Å². The molecule has 0 bridgehead atoms. The van der Waals surface area contributed by atoms with E-state index in [1.807, 2.05) is 30.3 Å². The van der Waals surface area contributed by atoms with E-state index in [4.69, 9.17) is 22.2 Å². The van der Waals surface area contributed by atoms with Crippen LogP contribution in [0.1, 0.15) is 20.9 Å². The zero-order valence-electron chi connectivity index (χ0n) is 15.3. The van der Waals surface area contributed by atoms with Gasteiger partial charge in [0.2, 0.25) is 5.88 Å². The van der Waals surface area contributed by atoms with Crippen LogP contribution in [0.15, 0.2) is 67.0 Å². The highest BCUT2D eigenvalue weighted by Gasteiger charge is 2.16. The van der Waals surface area contributed by atoms with Gasteiger partial charge >= 0.3 is 0 Å². The van der Waals surface area contributed by atoms with E-state index in [1.54, 1.807) is 41.7 Å². The number of nitrogens with two attached hydrogens (primary N) is 1. The number of amides is 1. The van der Waals surface area contributed by atoms with E-state index in [9.17, 15) is 4.79 Å². The van der Waals surface area contributed by atoms with Crippen LogP contribution in [-0.4, -0.2) is 20.3 Å². The molecule has 0 saturated carbocycles. The largest absolute Gasteiger partial charge is 0.439 e. The van der Waals surface area contributed by atoms with Crippen LogP contribution in [0.2, 0.25) is 0 Å². The lowest BCUT2D eigenvalue weighted by atomic mass is 10.2. The summed E-state index contributed by atoms with van der Waals surface area (Å²) in [7, 11) is 0. The predicted molar refractivity (Wildman–Crippen MR) is 114 cm³/mol. The van der Waals surface area contributed by atoms with E-state index in [1.165, 1.54) is 10.7 Å². The number of hydrogen-bond acceptors (Lipinski definition) is 6. The van der Waals surface area contributed by atoms with Crippen LogP contribution in [0.25, 0.3) is 10.1 Å². The Hall–Kier alpha value is -3.00. The first kappa shape index (κ1) is 19.3. The molecule has 146 valence electrons. The lowest BCUT2D eigenvalue weighted by molar-refractivity contribution is 0.0857. The van der Waals surface area contributed by atoms with Crippen molar-refractivity contribution >= 4 is 39.1 Å². The van der Waals surface area contributed by atoms with Crippen molar-refractivity contribution in [2.24, 2.45) is 5.73 Å².